The Balaban J connectivity index is 4.78. The van der Waals surface area contributed by atoms with Gasteiger partial charge in [-0.25, -0.2) is 14.4 Å². The molecule has 0 fully saturated rings. The van der Waals surface area contributed by atoms with E-state index in [0.717, 1.165) is 0 Å². The number of nitrogens with one attached hydrogen (secondary N) is 4. The van der Waals surface area contributed by atoms with Gasteiger partial charge in [0.05, 0.1) is 13.2 Å². The van der Waals surface area contributed by atoms with Gasteiger partial charge in [0, 0.05) is 0 Å². The van der Waals surface area contributed by atoms with Crippen molar-refractivity contribution in [3.05, 3.63) is 0 Å². The van der Waals surface area contributed by atoms with Crippen molar-refractivity contribution in [3.63, 3.8) is 0 Å². The molecule has 2 atom stereocenters. The third-order valence-electron chi connectivity index (χ3n) is 3.16. The molecule has 0 bridgehead atoms. The number of urea groups is 1. The molecule has 0 saturated carbocycles. The fourth-order valence-electron chi connectivity index (χ4n) is 2.24. The maximum atomic E-state index is 12.3. The lowest BCUT2D eigenvalue weighted by Crippen LogP contribution is -2.56. The first-order valence-corrected chi connectivity index (χ1v) is 9.11. The number of carbonyl (C=O) groups excluding carboxylic acids is 3. The van der Waals surface area contributed by atoms with Crippen molar-refractivity contribution >= 4 is 18.2 Å². The van der Waals surface area contributed by atoms with Crippen molar-refractivity contribution in [2.45, 2.75) is 66.7 Å². The van der Waals surface area contributed by atoms with E-state index >= 15 is 0 Å². The summed E-state index contributed by atoms with van der Waals surface area (Å²) in [7, 11) is 0. The lowest BCUT2D eigenvalue weighted by Gasteiger charge is -2.25. The zero-order chi connectivity index (χ0) is 20.1. The highest BCUT2D eigenvalue weighted by Gasteiger charge is 2.21. The Hall–Kier alpha value is -2.19. The van der Waals surface area contributed by atoms with Gasteiger partial charge in [-0.3, -0.25) is 0 Å². The highest BCUT2D eigenvalue weighted by molar-refractivity contribution is 5.76. The number of amides is 4. The second-order valence-corrected chi connectivity index (χ2v) is 6.71. The summed E-state index contributed by atoms with van der Waals surface area (Å²) in [4.78, 5) is 35.5. The van der Waals surface area contributed by atoms with Gasteiger partial charge in [0.15, 0.2) is 0 Å². The molecule has 0 aliphatic carbocycles. The monoisotopic (exact) mass is 374 g/mol. The van der Waals surface area contributed by atoms with Gasteiger partial charge in [-0.2, -0.15) is 0 Å². The predicted molar refractivity (Wildman–Crippen MR) is 98.5 cm³/mol. The van der Waals surface area contributed by atoms with Crippen molar-refractivity contribution in [1.29, 1.82) is 0 Å². The Kier molecular flexibility index (Phi) is 12.0. The first kappa shape index (κ1) is 23.8. The van der Waals surface area contributed by atoms with Crippen LogP contribution in [0.2, 0.25) is 0 Å². The van der Waals surface area contributed by atoms with Gasteiger partial charge in [0.25, 0.3) is 0 Å². The molecule has 152 valence electrons. The molecule has 2 unspecified atom stereocenters. The number of carbonyl (C=O) groups is 3. The van der Waals surface area contributed by atoms with Crippen LogP contribution in [0.25, 0.3) is 0 Å². The number of alkyl carbamates (subject to hydrolysis) is 2. The normalized spacial score (nSPS) is 12.9. The summed E-state index contributed by atoms with van der Waals surface area (Å²) in [6.07, 6.45) is -1.30. The summed E-state index contributed by atoms with van der Waals surface area (Å²) in [6.45, 7) is 11.8. The largest absolute Gasteiger partial charge is 0.450 e. The SMILES string of the molecule is CCOC(=O)NC(CC(C)C)NC(=O)NC(CC(C)C)NC(=O)OCC. The maximum Gasteiger partial charge on any atom is 0.408 e. The highest BCUT2D eigenvalue weighted by atomic mass is 16.6. The van der Waals surface area contributed by atoms with Crippen molar-refractivity contribution < 1.29 is 23.9 Å². The quantitative estimate of drug-likeness (QED) is 0.438. The van der Waals surface area contributed by atoms with Gasteiger partial charge in [0.2, 0.25) is 0 Å². The molecule has 26 heavy (non-hydrogen) atoms. The number of hydrogen-bond acceptors (Lipinski definition) is 5. The third-order valence-corrected chi connectivity index (χ3v) is 3.16. The summed E-state index contributed by atoms with van der Waals surface area (Å²) >= 11 is 0. The first-order chi connectivity index (χ1) is 12.2. The van der Waals surface area contributed by atoms with Gasteiger partial charge in [-0.15, -0.1) is 0 Å². The second-order valence-electron chi connectivity index (χ2n) is 6.71. The van der Waals surface area contributed by atoms with Gasteiger partial charge in [0.1, 0.15) is 12.3 Å². The van der Waals surface area contributed by atoms with E-state index in [4.69, 9.17) is 9.47 Å². The van der Waals surface area contributed by atoms with E-state index in [-0.39, 0.29) is 25.0 Å². The lowest BCUT2D eigenvalue weighted by molar-refractivity contribution is 0.143. The Labute approximate surface area is 155 Å². The number of rotatable bonds is 10. The first-order valence-electron chi connectivity index (χ1n) is 9.11. The molecule has 0 rings (SSSR count). The minimum Gasteiger partial charge on any atom is -0.450 e. The van der Waals surface area contributed by atoms with Crippen LogP contribution in [0.15, 0.2) is 0 Å². The van der Waals surface area contributed by atoms with Crippen LogP contribution in [0.5, 0.6) is 0 Å². The Morgan fingerprint density at radius 3 is 1.31 bits per heavy atom. The Morgan fingerprint density at radius 2 is 1.04 bits per heavy atom. The van der Waals surface area contributed by atoms with Crippen molar-refractivity contribution in [2.75, 3.05) is 13.2 Å². The molecule has 0 aliphatic heterocycles. The van der Waals surface area contributed by atoms with Crippen molar-refractivity contribution in [2.24, 2.45) is 11.8 Å². The lowest BCUT2D eigenvalue weighted by atomic mass is 10.1. The maximum absolute atomic E-state index is 12.3. The fourth-order valence-corrected chi connectivity index (χ4v) is 2.24. The average molecular weight is 374 g/mol. The smallest absolute Gasteiger partial charge is 0.408 e. The molecule has 0 aliphatic rings. The van der Waals surface area contributed by atoms with E-state index in [9.17, 15) is 14.4 Å². The van der Waals surface area contributed by atoms with E-state index in [1.165, 1.54) is 0 Å². The molecule has 0 heterocycles. The zero-order valence-corrected chi connectivity index (χ0v) is 16.7. The minimum absolute atomic E-state index is 0.242. The van der Waals surface area contributed by atoms with Crippen LogP contribution in [0.1, 0.15) is 54.4 Å². The van der Waals surface area contributed by atoms with E-state index in [1.807, 2.05) is 27.7 Å². The van der Waals surface area contributed by atoms with E-state index in [0.29, 0.717) is 12.8 Å². The summed E-state index contributed by atoms with van der Waals surface area (Å²) in [5.41, 5.74) is 0. The summed E-state index contributed by atoms with van der Waals surface area (Å²) in [5.74, 6) is 0.484. The van der Waals surface area contributed by atoms with Crippen LogP contribution in [0, 0.1) is 11.8 Å². The molecular formula is C17H34N4O5. The Bertz CT molecular complexity index is 405. The van der Waals surface area contributed by atoms with E-state index in [2.05, 4.69) is 21.3 Å². The third kappa shape index (κ3) is 12.2. The summed E-state index contributed by atoms with van der Waals surface area (Å²) < 4.78 is 9.71. The van der Waals surface area contributed by atoms with Gasteiger partial charge in [-0.05, 0) is 38.5 Å². The molecule has 0 spiro atoms. The molecule has 0 aromatic carbocycles. The second kappa shape index (κ2) is 13.1. The van der Waals surface area contributed by atoms with Gasteiger partial charge >= 0.3 is 18.2 Å². The molecule has 9 nitrogen and oxygen atoms in total. The summed E-state index contributed by atoms with van der Waals surface area (Å²) in [5, 5.41) is 10.6. The predicted octanol–water partition coefficient (Wildman–Crippen LogP) is 2.52. The van der Waals surface area contributed by atoms with Crippen LogP contribution >= 0.6 is 0 Å². The van der Waals surface area contributed by atoms with Gasteiger partial charge in [-0.1, -0.05) is 27.7 Å². The molecule has 9 heteroatoms. The minimum atomic E-state index is -0.596. The van der Waals surface area contributed by atoms with E-state index < -0.39 is 30.5 Å². The fraction of sp³-hybridized carbons (Fsp3) is 0.824. The van der Waals surface area contributed by atoms with Crippen LogP contribution in [-0.4, -0.2) is 43.8 Å². The zero-order valence-electron chi connectivity index (χ0n) is 16.7. The van der Waals surface area contributed by atoms with Gasteiger partial charge < -0.3 is 30.7 Å². The van der Waals surface area contributed by atoms with Crippen LogP contribution < -0.4 is 21.3 Å². The topological polar surface area (TPSA) is 118 Å². The van der Waals surface area contributed by atoms with Crippen LogP contribution in [-0.2, 0) is 9.47 Å². The molecule has 0 aromatic heterocycles. The molecule has 4 N–H and O–H groups in total. The van der Waals surface area contributed by atoms with Crippen molar-refractivity contribution in [1.82, 2.24) is 21.3 Å². The molecule has 0 aromatic rings. The molecular weight excluding hydrogens is 340 g/mol. The molecule has 4 amide bonds. The highest BCUT2D eigenvalue weighted by Crippen LogP contribution is 2.05. The van der Waals surface area contributed by atoms with E-state index in [1.54, 1.807) is 13.8 Å². The number of hydrogen-bond donors (Lipinski definition) is 4. The van der Waals surface area contributed by atoms with Crippen molar-refractivity contribution in [3.8, 4) is 0 Å². The number of ether oxygens (including phenoxy) is 2. The standard InChI is InChI=1S/C17H34N4O5/c1-7-25-16(23)20-13(9-11(3)4)18-15(22)19-14(10-12(5)6)21-17(24)26-8-2/h11-14H,7-10H2,1-6H3,(H,20,23)(H,21,24)(H2,18,19,22). The van der Waals surface area contributed by atoms with Crippen LogP contribution in [0.3, 0.4) is 0 Å². The molecule has 0 radical (unpaired) electrons. The van der Waals surface area contributed by atoms with Crippen LogP contribution in [0.4, 0.5) is 14.4 Å². The Morgan fingerprint density at radius 1 is 0.692 bits per heavy atom. The molecule has 0 saturated heterocycles. The average Bonchev–Trinajstić information content (AvgIpc) is 2.45. The summed E-state index contributed by atoms with van der Waals surface area (Å²) in [6, 6.07) is -0.505.